The van der Waals surface area contributed by atoms with E-state index in [1.165, 1.54) is 18.4 Å². The van der Waals surface area contributed by atoms with Crippen LogP contribution in [0.2, 0.25) is 5.02 Å². The number of anilines is 1. The average Bonchev–Trinajstić information content (AvgIpc) is 3.29. The van der Waals surface area contributed by atoms with Crippen LogP contribution in [0.5, 0.6) is 0 Å². The second-order valence-corrected chi connectivity index (χ2v) is 11.6. The topological polar surface area (TPSA) is 90.6 Å². The van der Waals surface area contributed by atoms with Crippen LogP contribution in [-0.2, 0) is 4.74 Å². The summed E-state index contributed by atoms with van der Waals surface area (Å²) in [5, 5.41) is 4.82. The van der Waals surface area contributed by atoms with Crippen LogP contribution < -0.4 is 10.2 Å². The Morgan fingerprint density at radius 1 is 1.25 bits per heavy atom. The number of urea groups is 1. The fourth-order valence-corrected chi connectivity index (χ4v) is 5.70. The number of carbonyl (C=O) groups excluding carboxylic acids is 2. The van der Waals surface area contributed by atoms with Crippen LogP contribution in [0.1, 0.15) is 51.5 Å². The molecule has 2 aromatic heterocycles. The first-order valence-corrected chi connectivity index (χ1v) is 12.8. The smallest absolute Gasteiger partial charge is 0.410 e. The van der Waals surface area contributed by atoms with Gasteiger partial charge in [0, 0.05) is 42.1 Å². The van der Waals surface area contributed by atoms with Gasteiger partial charge >= 0.3 is 12.1 Å². The van der Waals surface area contributed by atoms with Crippen LogP contribution in [0.25, 0.3) is 22.2 Å². The van der Waals surface area contributed by atoms with Crippen LogP contribution in [0, 0.1) is 0 Å². The number of ether oxygens (including phenoxy) is 1. The monoisotopic (exact) mass is 507 g/mol. The number of halogens is 1. The lowest BCUT2D eigenvalue weighted by molar-refractivity contribution is 0.0284. The van der Waals surface area contributed by atoms with E-state index >= 15 is 0 Å². The van der Waals surface area contributed by atoms with Gasteiger partial charge in [0.25, 0.3) is 0 Å². The highest BCUT2D eigenvalue weighted by Crippen LogP contribution is 2.46. The SMILES string of the molecule is CC(C)(C)OC(=O)N1CCC2(C1)CN(c1cccc(-c3cnc4[nH]cc(C5CC5)c4c3Cl)c1)C(=O)N2. The highest BCUT2D eigenvalue weighted by atomic mass is 35.5. The zero-order chi connectivity index (χ0) is 25.2. The Labute approximate surface area is 215 Å². The van der Waals surface area contributed by atoms with Gasteiger partial charge in [0.2, 0.25) is 0 Å². The maximum Gasteiger partial charge on any atom is 0.410 e. The van der Waals surface area contributed by atoms with Crippen molar-refractivity contribution in [3.05, 3.63) is 47.2 Å². The molecule has 2 aliphatic heterocycles. The van der Waals surface area contributed by atoms with Gasteiger partial charge in [-0.05, 0) is 69.2 Å². The van der Waals surface area contributed by atoms with Gasteiger partial charge in [0.15, 0.2) is 0 Å². The number of likely N-dealkylation sites (tertiary alicyclic amines) is 1. The molecule has 0 bridgehead atoms. The van der Waals surface area contributed by atoms with Crippen LogP contribution >= 0.6 is 11.6 Å². The molecule has 4 heterocycles. The van der Waals surface area contributed by atoms with Crippen molar-refractivity contribution in [3.63, 3.8) is 0 Å². The molecule has 9 heteroatoms. The number of carbonyl (C=O) groups is 2. The van der Waals surface area contributed by atoms with E-state index < -0.39 is 11.1 Å². The Morgan fingerprint density at radius 3 is 2.81 bits per heavy atom. The molecule has 8 nitrogen and oxygen atoms in total. The summed E-state index contributed by atoms with van der Waals surface area (Å²) in [6.07, 6.45) is 6.51. The van der Waals surface area contributed by atoms with E-state index in [4.69, 9.17) is 16.3 Å². The standard InChI is InChI=1S/C27H30ClN5O3/c1-26(2,3)36-25(35)32-10-9-27(14-32)15-33(24(34)31-27)18-6-4-5-17(11-18)20-13-30-23-21(22(20)28)19(12-29-23)16-7-8-16/h4-6,11-13,16H,7-10,14-15H2,1-3H3,(H,29,30)(H,31,34). The largest absolute Gasteiger partial charge is 0.444 e. The lowest BCUT2D eigenvalue weighted by atomic mass is 9.99. The molecule has 3 aliphatic rings. The molecule has 0 radical (unpaired) electrons. The van der Waals surface area contributed by atoms with E-state index in [0.717, 1.165) is 27.8 Å². The number of H-pyrrole nitrogens is 1. The molecule has 3 fully saturated rings. The molecule has 1 aliphatic carbocycles. The summed E-state index contributed by atoms with van der Waals surface area (Å²) in [7, 11) is 0. The number of hydrogen-bond acceptors (Lipinski definition) is 4. The minimum atomic E-state index is -0.558. The van der Waals surface area contributed by atoms with Crippen LogP contribution in [0.4, 0.5) is 15.3 Å². The van der Waals surface area contributed by atoms with Crippen LogP contribution in [0.15, 0.2) is 36.7 Å². The number of aromatic amines is 1. The van der Waals surface area contributed by atoms with Gasteiger partial charge in [-0.25, -0.2) is 14.6 Å². The summed E-state index contributed by atoms with van der Waals surface area (Å²) in [6, 6.07) is 7.67. The first kappa shape index (κ1) is 23.2. The van der Waals surface area contributed by atoms with Gasteiger partial charge in [0.05, 0.1) is 17.1 Å². The predicted molar refractivity (Wildman–Crippen MR) is 140 cm³/mol. The molecule has 6 rings (SSSR count). The normalized spacial score (nSPS) is 22.1. The van der Waals surface area contributed by atoms with Gasteiger partial charge in [-0.3, -0.25) is 4.90 Å². The Morgan fingerprint density at radius 2 is 2.06 bits per heavy atom. The molecular weight excluding hydrogens is 478 g/mol. The molecule has 1 saturated carbocycles. The highest BCUT2D eigenvalue weighted by molar-refractivity contribution is 6.38. The first-order valence-electron chi connectivity index (χ1n) is 12.5. The quantitative estimate of drug-likeness (QED) is 0.478. The van der Waals surface area contributed by atoms with Gasteiger partial charge < -0.3 is 19.9 Å². The number of rotatable bonds is 3. The Balaban J connectivity index is 1.25. The second kappa shape index (κ2) is 8.13. The van der Waals surface area contributed by atoms with Gasteiger partial charge in [-0.15, -0.1) is 0 Å². The molecule has 188 valence electrons. The van der Waals surface area contributed by atoms with Crippen molar-refractivity contribution in [1.82, 2.24) is 20.2 Å². The van der Waals surface area contributed by atoms with Crippen molar-refractivity contribution in [2.75, 3.05) is 24.5 Å². The van der Waals surface area contributed by atoms with Gasteiger partial charge in [-0.1, -0.05) is 23.7 Å². The fraction of sp³-hybridized carbons (Fsp3) is 0.444. The van der Waals surface area contributed by atoms with Crippen LogP contribution in [-0.4, -0.2) is 57.8 Å². The summed E-state index contributed by atoms with van der Waals surface area (Å²) in [5.41, 5.74) is 3.52. The molecule has 36 heavy (non-hydrogen) atoms. The van der Waals surface area contributed by atoms with Crippen molar-refractivity contribution in [1.29, 1.82) is 0 Å². The zero-order valence-electron chi connectivity index (χ0n) is 20.7. The maximum absolute atomic E-state index is 13.1. The number of aromatic nitrogens is 2. The van der Waals surface area contributed by atoms with E-state index in [1.54, 1.807) is 16.0 Å². The van der Waals surface area contributed by atoms with E-state index in [1.807, 2.05) is 51.2 Å². The number of nitrogens with zero attached hydrogens (tertiary/aromatic N) is 3. The number of benzene rings is 1. The first-order chi connectivity index (χ1) is 17.1. The van der Waals surface area contributed by atoms with Gasteiger partial charge in [-0.2, -0.15) is 0 Å². The van der Waals surface area contributed by atoms with E-state index in [9.17, 15) is 9.59 Å². The third kappa shape index (κ3) is 4.07. The number of amides is 3. The average molecular weight is 508 g/mol. The Hall–Kier alpha value is -3.26. The summed E-state index contributed by atoms with van der Waals surface area (Å²) >= 11 is 6.92. The number of fused-ring (bicyclic) bond motifs is 1. The van der Waals surface area contributed by atoms with Gasteiger partial charge in [0.1, 0.15) is 11.2 Å². The summed E-state index contributed by atoms with van der Waals surface area (Å²) < 4.78 is 5.53. The highest BCUT2D eigenvalue weighted by Gasteiger charge is 2.49. The molecule has 2 N–H and O–H groups in total. The maximum atomic E-state index is 13.1. The van der Waals surface area contributed by atoms with Crippen molar-refractivity contribution < 1.29 is 14.3 Å². The number of nitrogens with one attached hydrogen (secondary N) is 2. The lowest BCUT2D eigenvalue weighted by Crippen LogP contribution is -2.47. The van der Waals surface area contributed by atoms with E-state index in [0.29, 0.717) is 37.0 Å². The molecule has 1 unspecified atom stereocenters. The molecule has 1 spiro atoms. The third-order valence-corrected chi connectivity index (χ3v) is 7.63. The molecule has 1 atom stereocenters. The van der Waals surface area contributed by atoms with Crippen molar-refractivity contribution in [3.8, 4) is 11.1 Å². The molecular formula is C27H30ClN5O3. The lowest BCUT2D eigenvalue weighted by Gasteiger charge is -2.26. The third-order valence-electron chi connectivity index (χ3n) is 7.24. The Bertz CT molecular complexity index is 1380. The zero-order valence-corrected chi connectivity index (χ0v) is 21.5. The molecule has 3 amide bonds. The summed E-state index contributed by atoms with van der Waals surface area (Å²) in [5.74, 6) is 0.552. The minimum Gasteiger partial charge on any atom is -0.444 e. The van der Waals surface area contributed by atoms with E-state index in [2.05, 4.69) is 15.3 Å². The predicted octanol–water partition coefficient (Wildman–Crippen LogP) is 5.67. The second-order valence-electron chi connectivity index (χ2n) is 11.2. The molecule has 1 aromatic carbocycles. The summed E-state index contributed by atoms with van der Waals surface area (Å²) in [6.45, 7) is 7.00. The fourth-order valence-electron chi connectivity index (χ4n) is 5.34. The molecule has 3 aromatic rings. The summed E-state index contributed by atoms with van der Waals surface area (Å²) in [4.78, 5) is 36.9. The number of pyridine rings is 1. The number of hydrogen-bond donors (Lipinski definition) is 2. The van der Waals surface area contributed by atoms with E-state index in [-0.39, 0.29) is 12.1 Å². The molecule has 2 saturated heterocycles. The Kier molecular flexibility index (Phi) is 5.23. The van der Waals surface area contributed by atoms with Crippen LogP contribution in [0.3, 0.4) is 0 Å². The minimum absolute atomic E-state index is 0.167. The van der Waals surface area contributed by atoms with Crippen molar-refractivity contribution in [2.45, 2.75) is 57.1 Å². The van der Waals surface area contributed by atoms with Crippen molar-refractivity contribution in [2.24, 2.45) is 0 Å². The van der Waals surface area contributed by atoms with Crippen molar-refractivity contribution >= 4 is 40.4 Å².